The fourth-order valence-electron chi connectivity index (χ4n) is 1.99. The molecule has 0 aliphatic carbocycles. The molecule has 2 rings (SSSR count). The van der Waals surface area contributed by atoms with Gasteiger partial charge in [0, 0.05) is 25.2 Å². The minimum Gasteiger partial charge on any atom is -0.493 e. The van der Waals surface area contributed by atoms with E-state index >= 15 is 0 Å². The summed E-state index contributed by atoms with van der Waals surface area (Å²) < 4.78 is 16.0. The molecule has 102 valence electrons. The minimum absolute atomic E-state index is 0.611. The summed E-state index contributed by atoms with van der Waals surface area (Å²) in [5.41, 5.74) is 1.07. The monoisotopic (exact) mass is 262 g/mol. The van der Waals surface area contributed by atoms with Crippen molar-refractivity contribution in [2.45, 2.75) is 6.54 Å². The second-order valence-corrected chi connectivity index (χ2v) is 4.12. The normalized spacial score (nSPS) is 13.1. The Kier molecular flexibility index (Phi) is 4.24. The van der Waals surface area contributed by atoms with Crippen molar-refractivity contribution in [3.8, 4) is 29.3 Å². The summed E-state index contributed by atoms with van der Waals surface area (Å²) in [5.74, 6) is 1.94. The topological polar surface area (TPSA) is 43.0 Å². The Morgan fingerprint density at radius 1 is 1.16 bits per heavy atom. The number of hydrogen-bond donors (Lipinski definition) is 1. The van der Waals surface area contributed by atoms with Gasteiger partial charge in [-0.1, -0.05) is 0 Å². The number of nitrogens with one attached hydrogen (secondary N) is 1. The maximum Gasteiger partial charge on any atom is 0.203 e. The molecular formula is C14H18N2O3. The zero-order valence-electron chi connectivity index (χ0n) is 11.4. The Balaban J connectivity index is 2.26. The summed E-state index contributed by atoms with van der Waals surface area (Å²) in [6, 6.07) is 9.80. The van der Waals surface area contributed by atoms with Crippen LogP contribution in [0, 0.1) is 12.1 Å². The number of ether oxygens (including phenoxy) is 3. The van der Waals surface area contributed by atoms with Gasteiger partial charge >= 0.3 is 0 Å². The molecule has 0 radical (unpaired) electrons. The van der Waals surface area contributed by atoms with Crippen molar-refractivity contribution in [1.82, 2.24) is 10.2 Å². The van der Waals surface area contributed by atoms with E-state index in [-0.39, 0.29) is 0 Å². The third kappa shape index (κ3) is 2.97. The van der Waals surface area contributed by atoms with Gasteiger partial charge in [-0.05, 0) is 17.7 Å². The van der Waals surface area contributed by atoms with Crippen molar-refractivity contribution in [1.29, 1.82) is 0 Å². The first kappa shape index (κ1) is 13.2. The predicted molar refractivity (Wildman–Crippen MR) is 72.3 cm³/mol. The van der Waals surface area contributed by atoms with Crippen LogP contribution in [0.5, 0.6) is 17.2 Å². The van der Waals surface area contributed by atoms with Crippen LogP contribution in [0.2, 0.25) is 0 Å². The molecule has 0 unspecified atom stereocenters. The Bertz CT molecular complexity index is 480. The molecule has 0 bridgehead atoms. The molecule has 5 nitrogen and oxygen atoms in total. The highest BCUT2D eigenvalue weighted by Gasteiger charge is 2.14. The van der Waals surface area contributed by atoms with Crippen LogP contribution < -0.4 is 19.5 Å². The van der Waals surface area contributed by atoms with Crippen molar-refractivity contribution < 1.29 is 14.2 Å². The van der Waals surface area contributed by atoms with Crippen molar-refractivity contribution >= 4 is 0 Å². The molecule has 1 heterocycles. The van der Waals surface area contributed by atoms with E-state index in [1.54, 1.807) is 21.3 Å². The van der Waals surface area contributed by atoms with Crippen LogP contribution in [0.15, 0.2) is 12.1 Å². The van der Waals surface area contributed by atoms with Crippen LogP contribution in [0.1, 0.15) is 5.56 Å². The third-order valence-electron chi connectivity index (χ3n) is 2.91. The minimum atomic E-state index is 0.611. The first-order valence-corrected chi connectivity index (χ1v) is 6.05. The molecule has 1 aromatic carbocycles. The van der Waals surface area contributed by atoms with Gasteiger partial charge in [-0.25, -0.2) is 0 Å². The van der Waals surface area contributed by atoms with E-state index in [1.807, 2.05) is 12.1 Å². The molecular weight excluding hydrogens is 244 g/mol. The second-order valence-electron chi connectivity index (χ2n) is 4.12. The quantitative estimate of drug-likeness (QED) is 0.803. The number of benzene rings is 1. The van der Waals surface area contributed by atoms with Crippen molar-refractivity contribution in [3.05, 3.63) is 17.7 Å². The lowest BCUT2D eigenvalue weighted by atomic mass is 10.1. The van der Waals surface area contributed by atoms with Crippen LogP contribution in [0.4, 0.5) is 0 Å². The highest BCUT2D eigenvalue weighted by atomic mass is 16.5. The molecule has 0 spiro atoms. The smallest absolute Gasteiger partial charge is 0.203 e. The largest absolute Gasteiger partial charge is 0.493 e. The maximum absolute atomic E-state index is 5.34. The van der Waals surface area contributed by atoms with Crippen LogP contribution in [-0.4, -0.2) is 39.3 Å². The van der Waals surface area contributed by atoms with Gasteiger partial charge in [0.2, 0.25) is 5.75 Å². The maximum atomic E-state index is 5.34. The van der Waals surface area contributed by atoms with Gasteiger partial charge in [0.25, 0.3) is 0 Å². The molecule has 0 atom stereocenters. The fourth-order valence-corrected chi connectivity index (χ4v) is 1.99. The van der Waals surface area contributed by atoms with Crippen molar-refractivity contribution in [2.75, 3.05) is 34.4 Å². The lowest BCUT2D eigenvalue weighted by Crippen LogP contribution is -2.30. The Labute approximate surface area is 113 Å². The highest BCUT2D eigenvalue weighted by Crippen LogP contribution is 2.38. The third-order valence-corrected chi connectivity index (χ3v) is 2.91. The van der Waals surface area contributed by atoms with Gasteiger partial charge in [0.05, 0.1) is 27.9 Å². The zero-order chi connectivity index (χ0) is 13.7. The zero-order valence-corrected chi connectivity index (χ0v) is 11.4. The molecule has 1 N–H and O–H groups in total. The van der Waals surface area contributed by atoms with Crippen LogP contribution >= 0.6 is 0 Å². The lowest BCUT2D eigenvalue weighted by Gasteiger charge is -2.21. The Morgan fingerprint density at radius 3 is 2.32 bits per heavy atom. The van der Waals surface area contributed by atoms with E-state index < -0.39 is 0 Å². The predicted octanol–water partition coefficient (Wildman–Crippen LogP) is 1.04. The summed E-state index contributed by atoms with van der Waals surface area (Å²) in [7, 11) is 4.83. The van der Waals surface area contributed by atoms with Crippen LogP contribution in [0.3, 0.4) is 0 Å². The van der Waals surface area contributed by atoms with Gasteiger partial charge in [0.1, 0.15) is 0 Å². The Hall–Kier alpha value is -2.22. The average Bonchev–Trinajstić information content (AvgIpc) is 2.47. The van der Waals surface area contributed by atoms with Crippen LogP contribution in [0.25, 0.3) is 0 Å². The molecule has 1 aliphatic rings. The lowest BCUT2D eigenvalue weighted by molar-refractivity contribution is 0.321. The summed E-state index contributed by atoms with van der Waals surface area (Å²) in [5, 5.41) is 2.99. The van der Waals surface area contributed by atoms with Gasteiger partial charge in [-0.15, -0.1) is 0 Å². The van der Waals surface area contributed by atoms with Gasteiger partial charge in [0.15, 0.2) is 11.5 Å². The van der Waals surface area contributed by atoms with E-state index in [2.05, 4.69) is 22.3 Å². The van der Waals surface area contributed by atoms with E-state index in [0.29, 0.717) is 17.2 Å². The second kappa shape index (κ2) is 6.10. The van der Waals surface area contributed by atoms with Gasteiger partial charge in [-0.2, -0.15) is 0 Å². The number of hydrogen-bond acceptors (Lipinski definition) is 5. The summed E-state index contributed by atoms with van der Waals surface area (Å²) in [4.78, 5) is 2.05. The molecule has 0 saturated heterocycles. The molecule has 19 heavy (non-hydrogen) atoms. The van der Waals surface area contributed by atoms with E-state index in [4.69, 9.17) is 14.2 Å². The molecule has 0 amide bonds. The molecule has 0 saturated carbocycles. The summed E-state index contributed by atoms with van der Waals surface area (Å²) in [6.07, 6.45) is 0. The number of methoxy groups -OCH3 is 3. The standard InChI is InChI=1S/C14H18N2O3/c1-17-12-8-11(9-13(18-2)14(12)19-3)10-16-6-4-15-5-7-16/h8-9,15H,4,6,10H2,1-3H3. The van der Waals surface area contributed by atoms with Crippen molar-refractivity contribution in [3.63, 3.8) is 0 Å². The average molecular weight is 262 g/mol. The molecule has 5 heteroatoms. The Morgan fingerprint density at radius 2 is 1.84 bits per heavy atom. The molecule has 0 aromatic heterocycles. The van der Waals surface area contributed by atoms with Crippen LogP contribution in [-0.2, 0) is 6.54 Å². The first-order valence-electron chi connectivity index (χ1n) is 6.05. The van der Waals surface area contributed by atoms with Crippen molar-refractivity contribution in [2.24, 2.45) is 0 Å². The van der Waals surface area contributed by atoms with E-state index in [9.17, 15) is 0 Å². The van der Waals surface area contributed by atoms with Gasteiger partial charge < -0.3 is 24.4 Å². The van der Waals surface area contributed by atoms with Gasteiger partial charge in [-0.3, -0.25) is 0 Å². The molecule has 0 fully saturated rings. The molecule has 1 aliphatic heterocycles. The van der Waals surface area contributed by atoms with E-state index in [0.717, 1.165) is 25.2 Å². The summed E-state index contributed by atoms with van der Waals surface area (Å²) in [6.45, 7) is 2.49. The summed E-state index contributed by atoms with van der Waals surface area (Å²) >= 11 is 0. The van der Waals surface area contributed by atoms with E-state index in [1.165, 1.54) is 0 Å². The first-order chi connectivity index (χ1) is 9.28. The highest BCUT2D eigenvalue weighted by molar-refractivity contribution is 5.53. The molecule has 1 aromatic rings. The number of nitrogens with zero attached hydrogens (tertiary/aromatic N) is 1. The number of rotatable bonds is 5. The fraction of sp³-hybridized carbons (Fsp3) is 0.429. The SMILES string of the molecule is COc1cc(CN2C#CNCC2)cc(OC)c1OC.